The van der Waals surface area contributed by atoms with Crippen LogP contribution in [0.4, 0.5) is 0 Å². The Morgan fingerprint density at radius 3 is 0.917 bits per heavy atom. The highest BCUT2D eigenvalue weighted by Gasteiger charge is 2.16. The second-order valence-electron chi connectivity index (χ2n) is 20.8. The van der Waals surface area contributed by atoms with Crippen LogP contribution in [-0.4, -0.2) is 36.4 Å². The number of hydrogen-bond donors (Lipinski definition) is 1. The molecule has 0 aromatic carbocycles. The van der Waals surface area contributed by atoms with Gasteiger partial charge < -0.3 is 14.6 Å². The molecule has 0 amide bonds. The van der Waals surface area contributed by atoms with Crippen LogP contribution < -0.4 is 0 Å². The van der Waals surface area contributed by atoms with E-state index in [9.17, 15) is 14.7 Å². The summed E-state index contributed by atoms with van der Waals surface area (Å²) in [7, 11) is 0. The van der Waals surface area contributed by atoms with Gasteiger partial charge >= 0.3 is 11.9 Å². The van der Waals surface area contributed by atoms with Crippen LogP contribution in [-0.2, 0) is 19.1 Å². The van der Waals surface area contributed by atoms with Crippen molar-refractivity contribution in [3.05, 3.63) is 85.1 Å². The van der Waals surface area contributed by atoms with E-state index in [1.54, 1.807) is 0 Å². The zero-order valence-electron chi connectivity index (χ0n) is 47.7. The van der Waals surface area contributed by atoms with Crippen LogP contribution in [0.2, 0.25) is 0 Å². The number of esters is 2. The molecule has 416 valence electrons. The van der Waals surface area contributed by atoms with Crippen LogP contribution in [0.3, 0.4) is 0 Å². The molecule has 0 fully saturated rings. The van der Waals surface area contributed by atoms with Gasteiger partial charge in [0.2, 0.25) is 0 Å². The maximum Gasteiger partial charge on any atom is 0.306 e. The van der Waals surface area contributed by atoms with E-state index in [0.29, 0.717) is 12.8 Å². The smallest absolute Gasteiger partial charge is 0.306 e. The maximum absolute atomic E-state index is 12.3. The first-order valence-corrected chi connectivity index (χ1v) is 31.1. The lowest BCUT2D eigenvalue weighted by atomic mass is 10.0. The second kappa shape index (κ2) is 62.4. The highest BCUT2D eigenvalue weighted by molar-refractivity contribution is 5.70. The van der Waals surface area contributed by atoms with Gasteiger partial charge in [0, 0.05) is 12.8 Å². The number of hydrogen-bond acceptors (Lipinski definition) is 5. The first kappa shape index (κ1) is 69.1. The van der Waals surface area contributed by atoms with E-state index in [2.05, 4.69) is 98.9 Å². The molecule has 0 saturated carbocycles. The lowest BCUT2D eigenvalue weighted by Gasteiger charge is -2.15. The summed E-state index contributed by atoms with van der Waals surface area (Å²) < 4.78 is 10.7. The van der Waals surface area contributed by atoms with E-state index in [1.165, 1.54) is 205 Å². The number of unbranched alkanes of at least 4 members (excludes halogenated alkanes) is 35. The summed E-state index contributed by atoms with van der Waals surface area (Å²) in [6.07, 6.45) is 87.2. The van der Waals surface area contributed by atoms with Crippen molar-refractivity contribution in [1.82, 2.24) is 0 Å². The molecule has 5 heteroatoms. The Kier molecular flexibility index (Phi) is 59.8. The summed E-state index contributed by atoms with van der Waals surface area (Å²) >= 11 is 0. The van der Waals surface area contributed by atoms with Gasteiger partial charge in [-0.05, 0) is 89.9 Å². The highest BCUT2D eigenvalue weighted by atomic mass is 16.6. The Labute approximate surface area is 447 Å². The van der Waals surface area contributed by atoms with Gasteiger partial charge in [-0.1, -0.05) is 292 Å². The Morgan fingerprint density at radius 1 is 0.333 bits per heavy atom. The highest BCUT2D eigenvalue weighted by Crippen LogP contribution is 2.17. The molecule has 1 N–H and O–H groups in total. The molecular weight excluding hydrogens is 885 g/mol. The van der Waals surface area contributed by atoms with Gasteiger partial charge in [-0.15, -0.1) is 0 Å². The molecule has 0 saturated heterocycles. The molecule has 0 aliphatic rings. The van der Waals surface area contributed by atoms with E-state index in [1.807, 2.05) is 0 Å². The molecule has 0 aromatic heterocycles. The lowest BCUT2D eigenvalue weighted by Crippen LogP contribution is -2.28. The zero-order valence-corrected chi connectivity index (χ0v) is 47.7. The van der Waals surface area contributed by atoms with Gasteiger partial charge in [0.15, 0.2) is 6.10 Å². The topological polar surface area (TPSA) is 72.8 Å². The number of carbonyl (C=O) groups excluding carboxylic acids is 2. The van der Waals surface area contributed by atoms with Gasteiger partial charge in [0.05, 0.1) is 6.61 Å². The van der Waals surface area contributed by atoms with E-state index in [4.69, 9.17) is 9.47 Å². The molecule has 1 atom stereocenters. The Hall–Kier alpha value is -2.92. The molecule has 0 aliphatic carbocycles. The standard InChI is InChI=1S/C67H118O5/c1-3-5-7-9-11-13-15-17-19-21-23-25-26-27-28-29-30-31-32-33-34-35-36-37-38-39-40-42-44-46-48-50-52-54-56-58-60-62-67(70)72-65(63-68)64-71-66(69)61-59-57-55-53-51-49-47-45-43-41-24-22-20-18-16-14-12-10-8-6-4-2/h5,7,11,13,17,19,22-25,27-28,30-31,65,68H,3-4,6,8-10,12,14-16,18,20-21,26,29,32-64H2,1-2H3/b7-5-,13-11-,19-17-,24-22-,25-23-,28-27-,31-30-. The van der Waals surface area contributed by atoms with Crippen molar-refractivity contribution < 1.29 is 24.2 Å². The normalized spacial score (nSPS) is 12.8. The molecule has 1 unspecified atom stereocenters. The molecule has 72 heavy (non-hydrogen) atoms. The molecular formula is C67H118O5. The predicted octanol–water partition coefficient (Wildman–Crippen LogP) is 21.3. The maximum atomic E-state index is 12.3. The third-order valence-electron chi connectivity index (χ3n) is 13.7. The number of rotatable bonds is 57. The van der Waals surface area contributed by atoms with E-state index in [-0.39, 0.29) is 25.2 Å². The fourth-order valence-corrected chi connectivity index (χ4v) is 9.03. The number of aliphatic hydroxyl groups is 1. The summed E-state index contributed by atoms with van der Waals surface area (Å²) in [6, 6.07) is 0. The summed E-state index contributed by atoms with van der Waals surface area (Å²) in [5.74, 6) is -0.581. The van der Waals surface area contributed by atoms with E-state index in [0.717, 1.165) is 77.0 Å². The van der Waals surface area contributed by atoms with Gasteiger partial charge in [0.25, 0.3) is 0 Å². The third kappa shape index (κ3) is 59.6. The van der Waals surface area contributed by atoms with E-state index < -0.39 is 6.10 Å². The van der Waals surface area contributed by atoms with Crippen molar-refractivity contribution in [2.24, 2.45) is 0 Å². The number of allylic oxidation sites excluding steroid dienone is 14. The van der Waals surface area contributed by atoms with Crippen molar-refractivity contribution in [3.8, 4) is 0 Å². The van der Waals surface area contributed by atoms with Crippen molar-refractivity contribution in [2.45, 2.75) is 315 Å². The lowest BCUT2D eigenvalue weighted by molar-refractivity contribution is -0.161. The van der Waals surface area contributed by atoms with Gasteiger partial charge in [-0.3, -0.25) is 9.59 Å². The van der Waals surface area contributed by atoms with Crippen LogP contribution in [0.15, 0.2) is 85.1 Å². The van der Waals surface area contributed by atoms with Crippen LogP contribution in [0.5, 0.6) is 0 Å². The van der Waals surface area contributed by atoms with E-state index >= 15 is 0 Å². The predicted molar refractivity (Wildman–Crippen MR) is 316 cm³/mol. The third-order valence-corrected chi connectivity index (χ3v) is 13.7. The average molecular weight is 1000 g/mol. The Morgan fingerprint density at radius 2 is 0.597 bits per heavy atom. The second-order valence-corrected chi connectivity index (χ2v) is 20.8. The Balaban J connectivity index is 3.45. The fraction of sp³-hybridized carbons (Fsp3) is 0.761. The number of aliphatic hydroxyl groups excluding tert-OH is 1. The van der Waals surface area contributed by atoms with Crippen molar-refractivity contribution in [3.63, 3.8) is 0 Å². The minimum atomic E-state index is -0.775. The first-order chi connectivity index (χ1) is 35.6. The minimum Gasteiger partial charge on any atom is -0.462 e. The van der Waals surface area contributed by atoms with Gasteiger partial charge in [-0.25, -0.2) is 0 Å². The fourth-order valence-electron chi connectivity index (χ4n) is 9.03. The molecule has 0 rings (SSSR count). The van der Waals surface area contributed by atoms with Crippen LogP contribution in [0.25, 0.3) is 0 Å². The summed E-state index contributed by atoms with van der Waals surface area (Å²) in [6.45, 7) is 4.06. The molecule has 0 bridgehead atoms. The zero-order chi connectivity index (χ0) is 52.0. The molecule has 0 aliphatic heterocycles. The van der Waals surface area contributed by atoms with Crippen LogP contribution in [0.1, 0.15) is 309 Å². The molecule has 0 radical (unpaired) electrons. The molecule has 0 spiro atoms. The monoisotopic (exact) mass is 1000 g/mol. The van der Waals surface area contributed by atoms with Crippen LogP contribution >= 0.6 is 0 Å². The molecule has 0 aromatic rings. The van der Waals surface area contributed by atoms with Gasteiger partial charge in [-0.2, -0.15) is 0 Å². The first-order valence-electron chi connectivity index (χ1n) is 31.1. The average Bonchev–Trinajstić information content (AvgIpc) is 3.38. The summed E-state index contributed by atoms with van der Waals surface area (Å²) in [5.41, 5.74) is 0. The summed E-state index contributed by atoms with van der Waals surface area (Å²) in [4.78, 5) is 24.6. The Bertz CT molecular complexity index is 1320. The minimum absolute atomic E-state index is 0.0656. The van der Waals surface area contributed by atoms with Crippen molar-refractivity contribution >= 4 is 11.9 Å². The number of ether oxygens (including phenoxy) is 2. The molecule has 5 nitrogen and oxygen atoms in total. The molecule has 0 heterocycles. The largest absolute Gasteiger partial charge is 0.462 e. The SMILES string of the molecule is CC/C=C\C/C=C\C/C=C\C/C=C\C/C=C\C/C=C\CCCCCCCCCCCCCCCCCCCCC(=O)OC(CO)COC(=O)CCCCCCCCCCC/C=C\CCCCCCCCCC. The van der Waals surface area contributed by atoms with Gasteiger partial charge in [0.1, 0.15) is 6.61 Å². The van der Waals surface area contributed by atoms with Crippen molar-refractivity contribution in [1.29, 1.82) is 0 Å². The quantitative estimate of drug-likeness (QED) is 0.0373. The van der Waals surface area contributed by atoms with Crippen molar-refractivity contribution in [2.75, 3.05) is 13.2 Å². The van der Waals surface area contributed by atoms with Crippen LogP contribution in [0, 0.1) is 0 Å². The number of carbonyl (C=O) groups is 2. The summed E-state index contributed by atoms with van der Waals surface area (Å²) in [5, 5.41) is 9.67.